The van der Waals surface area contributed by atoms with Gasteiger partial charge in [-0.2, -0.15) is 0 Å². The van der Waals surface area contributed by atoms with Gasteiger partial charge in [-0.3, -0.25) is 0 Å². The van der Waals surface area contributed by atoms with Crippen LogP contribution in [0.5, 0.6) is 0 Å². The van der Waals surface area contributed by atoms with E-state index in [-0.39, 0.29) is 6.04 Å². The van der Waals surface area contributed by atoms with Crippen LogP contribution in [0.4, 0.5) is 0 Å². The first-order valence-electron chi connectivity index (χ1n) is 5.91. The van der Waals surface area contributed by atoms with Crippen molar-refractivity contribution < 1.29 is 5.11 Å². The summed E-state index contributed by atoms with van der Waals surface area (Å²) in [7, 11) is 0. The van der Waals surface area contributed by atoms with Crippen molar-refractivity contribution in [1.82, 2.24) is 5.32 Å². The Kier molecular flexibility index (Phi) is 2.67. The lowest BCUT2D eigenvalue weighted by molar-refractivity contribution is 0.160. The SMILES string of the molecule is O[C@H]1CN[C@@H](c2ccccc2)c2ccccc21. The van der Waals surface area contributed by atoms with Crippen LogP contribution >= 0.6 is 0 Å². The molecule has 2 heteroatoms. The van der Waals surface area contributed by atoms with E-state index in [0.29, 0.717) is 6.54 Å². The number of aliphatic hydroxyl groups excluding tert-OH is 1. The lowest BCUT2D eigenvalue weighted by Crippen LogP contribution is -2.33. The molecule has 0 saturated heterocycles. The summed E-state index contributed by atoms with van der Waals surface area (Å²) in [5, 5.41) is 13.4. The third kappa shape index (κ3) is 1.86. The summed E-state index contributed by atoms with van der Waals surface area (Å²) in [6.45, 7) is 0.608. The van der Waals surface area contributed by atoms with Crippen molar-refractivity contribution >= 4 is 0 Å². The molecule has 2 aromatic rings. The van der Waals surface area contributed by atoms with Crippen LogP contribution in [-0.4, -0.2) is 11.7 Å². The van der Waals surface area contributed by atoms with Gasteiger partial charge < -0.3 is 10.4 Å². The summed E-state index contributed by atoms with van der Waals surface area (Å²) in [6, 6.07) is 18.6. The molecule has 3 rings (SSSR count). The minimum Gasteiger partial charge on any atom is -0.387 e. The first kappa shape index (κ1) is 10.5. The largest absolute Gasteiger partial charge is 0.387 e. The summed E-state index contributed by atoms with van der Waals surface area (Å²) in [5.41, 5.74) is 3.46. The van der Waals surface area contributed by atoms with Gasteiger partial charge in [-0.25, -0.2) is 0 Å². The molecule has 1 aliphatic rings. The quantitative estimate of drug-likeness (QED) is 0.781. The number of rotatable bonds is 1. The van der Waals surface area contributed by atoms with E-state index >= 15 is 0 Å². The maximum atomic E-state index is 9.96. The van der Waals surface area contributed by atoms with E-state index in [9.17, 15) is 5.11 Å². The van der Waals surface area contributed by atoms with Gasteiger partial charge in [-0.05, 0) is 16.7 Å². The summed E-state index contributed by atoms with van der Waals surface area (Å²) >= 11 is 0. The van der Waals surface area contributed by atoms with Gasteiger partial charge in [0, 0.05) is 6.54 Å². The van der Waals surface area contributed by atoms with E-state index in [1.165, 1.54) is 11.1 Å². The van der Waals surface area contributed by atoms with Crippen LogP contribution in [0.1, 0.15) is 28.8 Å². The van der Waals surface area contributed by atoms with Crippen molar-refractivity contribution in [2.24, 2.45) is 0 Å². The highest BCUT2D eigenvalue weighted by Gasteiger charge is 2.25. The molecule has 0 bridgehead atoms. The Balaban J connectivity index is 2.07. The smallest absolute Gasteiger partial charge is 0.0918 e. The van der Waals surface area contributed by atoms with Gasteiger partial charge in [-0.15, -0.1) is 0 Å². The first-order chi connectivity index (χ1) is 8.36. The van der Waals surface area contributed by atoms with Crippen LogP contribution in [0.25, 0.3) is 0 Å². The zero-order chi connectivity index (χ0) is 11.7. The molecule has 2 N–H and O–H groups in total. The first-order valence-corrected chi connectivity index (χ1v) is 5.91. The molecule has 86 valence electrons. The fraction of sp³-hybridized carbons (Fsp3) is 0.200. The van der Waals surface area contributed by atoms with Gasteiger partial charge in [0.15, 0.2) is 0 Å². The number of benzene rings is 2. The fourth-order valence-electron chi connectivity index (χ4n) is 2.47. The van der Waals surface area contributed by atoms with Crippen molar-refractivity contribution in [3.63, 3.8) is 0 Å². The summed E-state index contributed by atoms with van der Waals surface area (Å²) in [5.74, 6) is 0. The van der Waals surface area contributed by atoms with Crippen LogP contribution in [0.2, 0.25) is 0 Å². The normalized spacial score (nSPS) is 23.1. The van der Waals surface area contributed by atoms with Gasteiger partial charge in [0.1, 0.15) is 0 Å². The maximum Gasteiger partial charge on any atom is 0.0918 e. The van der Waals surface area contributed by atoms with E-state index in [2.05, 4.69) is 23.5 Å². The van der Waals surface area contributed by atoms with E-state index in [0.717, 1.165) is 5.56 Å². The third-order valence-corrected chi connectivity index (χ3v) is 3.31. The van der Waals surface area contributed by atoms with Gasteiger partial charge in [-0.1, -0.05) is 54.6 Å². The molecule has 2 atom stereocenters. The molecular formula is C15H15NO. The molecule has 0 aromatic heterocycles. The lowest BCUT2D eigenvalue weighted by Gasteiger charge is -2.30. The Morgan fingerprint density at radius 2 is 1.53 bits per heavy atom. The Labute approximate surface area is 101 Å². The number of β-amino-alcohol motifs (C(OH)–C–C–N with tert-alkyl or cyclic N) is 1. The Bertz CT molecular complexity index is 509. The zero-order valence-electron chi connectivity index (χ0n) is 9.51. The minimum atomic E-state index is -0.397. The van der Waals surface area contributed by atoms with Crippen molar-refractivity contribution in [1.29, 1.82) is 0 Å². The average Bonchev–Trinajstić information content (AvgIpc) is 2.41. The topological polar surface area (TPSA) is 32.3 Å². The fourth-order valence-corrected chi connectivity index (χ4v) is 2.47. The second-order valence-corrected chi connectivity index (χ2v) is 4.40. The summed E-state index contributed by atoms with van der Waals surface area (Å²) < 4.78 is 0. The molecule has 0 fully saturated rings. The zero-order valence-corrected chi connectivity index (χ0v) is 9.51. The van der Waals surface area contributed by atoms with E-state index < -0.39 is 6.10 Å². The van der Waals surface area contributed by atoms with Crippen LogP contribution in [0, 0.1) is 0 Å². The van der Waals surface area contributed by atoms with Crippen LogP contribution in [0.3, 0.4) is 0 Å². The van der Waals surface area contributed by atoms with E-state index in [1.54, 1.807) is 0 Å². The highest BCUT2D eigenvalue weighted by molar-refractivity contribution is 5.40. The van der Waals surface area contributed by atoms with E-state index in [1.807, 2.05) is 36.4 Å². The third-order valence-electron chi connectivity index (χ3n) is 3.31. The molecule has 0 amide bonds. The van der Waals surface area contributed by atoms with Crippen LogP contribution in [-0.2, 0) is 0 Å². The molecule has 1 heterocycles. The molecule has 0 saturated carbocycles. The molecule has 1 aliphatic heterocycles. The number of nitrogens with one attached hydrogen (secondary N) is 1. The number of aliphatic hydroxyl groups is 1. The highest BCUT2D eigenvalue weighted by Crippen LogP contribution is 2.32. The lowest BCUT2D eigenvalue weighted by atomic mass is 9.89. The Morgan fingerprint density at radius 1 is 0.882 bits per heavy atom. The molecular weight excluding hydrogens is 210 g/mol. The number of fused-ring (bicyclic) bond motifs is 1. The molecule has 2 aromatic carbocycles. The van der Waals surface area contributed by atoms with Gasteiger partial charge in [0.05, 0.1) is 12.1 Å². The Hall–Kier alpha value is -1.64. The van der Waals surface area contributed by atoms with Crippen molar-refractivity contribution in [2.45, 2.75) is 12.1 Å². The number of hydrogen-bond donors (Lipinski definition) is 2. The minimum absolute atomic E-state index is 0.191. The second kappa shape index (κ2) is 4.32. The average molecular weight is 225 g/mol. The maximum absolute atomic E-state index is 9.96. The van der Waals surface area contributed by atoms with Gasteiger partial charge >= 0.3 is 0 Å². The Morgan fingerprint density at radius 3 is 2.29 bits per heavy atom. The van der Waals surface area contributed by atoms with Crippen molar-refractivity contribution in [3.05, 3.63) is 71.3 Å². The summed E-state index contributed by atoms with van der Waals surface area (Å²) in [4.78, 5) is 0. The molecule has 2 nitrogen and oxygen atoms in total. The molecule has 17 heavy (non-hydrogen) atoms. The van der Waals surface area contributed by atoms with Crippen LogP contribution in [0.15, 0.2) is 54.6 Å². The van der Waals surface area contributed by atoms with Gasteiger partial charge in [0.25, 0.3) is 0 Å². The van der Waals surface area contributed by atoms with Gasteiger partial charge in [0.2, 0.25) is 0 Å². The standard InChI is InChI=1S/C15H15NO/c17-14-10-16-15(11-6-2-1-3-7-11)13-9-5-4-8-12(13)14/h1-9,14-17H,10H2/t14-,15-/m0/s1. The molecule has 0 aliphatic carbocycles. The van der Waals surface area contributed by atoms with E-state index in [4.69, 9.17) is 0 Å². The molecule has 0 spiro atoms. The van der Waals surface area contributed by atoms with Crippen molar-refractivity contribution in [3.8, 4) is 0 Å². The van der Waals surface area contributed by atoms with Crippen LogP contribution < -0.4 is 5.32 Å². The molecule has 0 unspecified atom stereocenters. The monoisotopic (exact) mass is 225 g/mol. The molecule has 0 radical (unpaired) electrons. The predicted octanol–water partition coefficient (Wildman–Crippen LogP) is 2.41. The number of hydrogen-bond acceptors (Lipinski definition) is 2. The van der Waals surface area contributed by atoms with Crippen molar-refractivity contribution in [2.75, 3.05) is 6.54 Å². The highest BCUT2D eigenvalue weighted by atomic mass is 16.3. The predicted molar refractivity (Wildman–Crippen MR) is 67.7 cm³/mol. The summed E-state index contributed by atoms with van der Waals surface area (Å²) in [6.07, 6.45) is -0.397. The second-order valence-electron chi connectivity index (χ2n) is 4.40.